The van der Waals surface area contributed by atoms with Gasteiger partial charge in [-0.15, -0.1) is 0 Å². The minimum Gasteiger partial charge on any atom is -0.311 e. The molecule has 0 bridgehead atoms. The van der Waals surface area contributed by atoms with Crippen molar-refractivity contribution < 1.29 is 0 Å². The second-order valence-electron chi connectivity index (χ2n) is 6.29. The van der Waals surface area contributed by atoms with Crippen LogP contribution in [0.1, 0.15) is 52.9 Å². The minimum absolute atomic E-state index is 0.780. The van der Waals surface area contributed by atoms with Crippen molar-refractivity contribution in [3.63, 3.8) is 0 Å². The van der Waals surface area contributed by atoms with Crippen LogP contribution < -0.4 is 5.32 Å². The van der Waals surface area contributed by atoms with Crippen LogP contribution in [-0.4, -0.2) is 36.6 Å². The van der Waals surface area contributed by atoms with Crippen LogP contribution in [-0.2, 0) is 0 Å². The average Bonchev–Trinajstić information content (AvgIpc) is 2.35. The molecule has 2 unspecified atom stereocenters. The number of nitrogens with one attached hydrogen (secondary N) is 1. The van der Waals surface area contributed by atoms with Crippen molar-refractivity contribution in [3.8, 4) is 0 Å². The Bertz CT molecular complexity index is 211. The molecule has 2 fully saturated rings. The van der Waals surface area contributed by atoms with Gasteiger partial charge in [0, 0.05) is 12.1 Å². The third-order valence-electron chi connectivity index (χ3n) is 5.01. The fourth-order valence-electron chi connectivity index (χ4n) is 3.70. The Morgan fingerprint density at radius 1 is 1.00 bits per heavy atom. The summed E-state index contributed by atoms with van der Waals surface area (Å²) in [7, 11) is 0. The summed E-state index contributed by atoms with van der Waals surface area (Å²) >= 11 is 0. The van der Waals surface area contributed by atoms with E-state index in [1.165, 1.54) is 51.7 Å². The average molecular weight is 238 g/mol. The maximum Gasteiger partial charge on any atom is 0.0121 e. The van der Waals surface area contributed by atoms with Gasteiger partial charge in [0.25, 0.3) is 0 Å². The molecule has 2 atom stereocenters. The zero-order chi connectivity index (χ0) is 12.3. The SMILES string of the molecule is CCN1CCC(NC2C(C)CCCC2C)CC1. The molecule has 17 heavy (non-hydrogen) atoms. The summed E-state index contributed by atoms with van der Waals surface area (Å²) in [5.41, 5.74) is 0. The Labute approximate surface area is 107 Å². The second kappa shape index (κ2) is 6.19. The fraction of sp³-hybridized carbons (Fsp3) is 1.00. The number of nitrogens with zero attached hydrogens (tertiary/aromatic N) is 1. The molecular weight excluding hydrogens is 208 g/mol. The first kappa shape index (κ1) is 13.4. The van der Waals surface area contributed by atoms with Gasteiger partial charge in [0.05, 0.1) is 0 Å². The molecule has 0 spiro atoms. The van der Waals surface area contributed by atoms with E-state index in [2.05, 4.69) is 31.0 Å². The van der Waals surface area contributed by atoms with Gasteiger partial charge in [-0.05, 0) is 57.2 Å². The van der Waals surface area contributed by atoms with Crippen LogP contribution in [0, 0.1) is 11.8 Å². The zero-order valence-electron chi connectivity index (χ0n) is 11.9. The Balaban J connectivity index is 1.80. The van der Waals surface area contributed by atoms with E-state index in [9.17, 15) is 0 Å². The molecule has 1 saturated heterocycles. The van der Waals surface area contributed by atoms with Gasteiger partial charge >= 0.3 is 0 Å². The van der Waals surface area contributed by atoms with Gasteiger partial charge in [0.1, 0.15) is 0 Å². The summed E-state index contributed by atoms with van der Waals surface area (Å²) in [6.45, 7) is 11.0. The van der Waals surface area contributed by atoms with E-state index in [1.54, 1.807) is 0 Å². The lowest BCUT2D eigenvalue weighted by Crippen LogP contribution is -2.51. The van der Waals surface area contributed by atoms with E-state index in [-0.39, 0.29) is 0 Å². The van der Waals surface area contributed by atoms with Gasteiger partial charge in [0.15, 0.2) is 0 Å². The quantitative estimate of drug-likeness (QED) is 0.813. The molecule has 0 aromatic carbocycles. The van der Waals surface area contributed by atoms with E-state index in [1.807, 2.05) is 0 Å². The highest BCUT2D eigenvalue weighted by molar-refractivity contribution is 4.87. The van der Waals surface area contributed by atoms with Gasteiger partial charge in [0.2, 0.25) is 0 Å². The first-order valence-electron chi connectivity index (χ1n) is 7.69. The van der Waals surface area contributed by atoms with Crippen LogP contribution in [0.4, 0.5) is 0 Å². The molecular formula is C15H30N2. The van der Waals surface area contributed by atoms with E-state index in [0.717, 1.165) is 23.9 Å². The van der Waals surface area contributed by atoms with E-state index >= 15 is 0 Å². The monoisotopic (exact) mass is 238 g/mol. The van der Waals surface area contributed by atoms with Crippen LogP contribution in [0.3, 0.4) is 0 Å². The van der Waals surface area contributed by atoms with Gasteiger partial charge < -0.3 is 10.2 Å². The smallest absolute Gasteiger partial charge is 0.0121 e. The van der Waals surface area contributed by atoms with Gasteiger partial charge in [-0.2, -0.15) is 0 Å². The summed E-state index contributed by atoms with van der Waals surface area (Å²) < 4.78 is 0. The van der Waals surface area contributed by atoms with Crippen molar-refractivity contribution in [1.82, 2.24) is 10.2 Å². The van der Waals surface area contributed by atoms with Crippen LogP contribution in [0.25, 0.3) is 0 Å². The van der Waals surface area contributed by atoms with Crippen molar-refractivity contribution in [3.05, 3.63) is 0 Å². The third-order valence-corrected chi connectivity index (χ3v) is 5.01. The van der Waals surface area contributed by atoms with Crippen LogP contribution in [0.15, 0.2) is 0 Å². The molecule has 0 aromatic heterocycles. The highest BCUT2D eigenvalue weighted by atomic mass is 15.1. The molecule has 1 N–H and O–H groups in total. The highest BCUT2D eigenvalue weighted by Crippen LogP contribution is 2.29. The van der Waals surface area contributed by atoms with Crippen molar-refractivity contribution >= 4 is 0 Å². The summed E-state index contributed by atoms with van der Waals surface area (Å²) in [6, 6.07) is 1.56. The molecule has 1 aliphatic heterocycles. The molecule has 1 heterocycles. The second-order valence-corrected chi connectivity index (χ2v) is 6.29. The zero-order valence-corrected chi connectivity index (χ0v) is 11.9. The van der Waals surface area contributed by atoms with Crippen LogP contribution in [0.2, 0.25) is 0 Å². The largest absolute Gasteiger partial charge is 0.311 e. The summed E-state index contributed by atoms with van der Waals surface area (Å²) in [5.74, 6) is 1.76. The van der Waals surface area contributed by atoms with E-state index < -0.39 is 0 Å². The topological polar surface area (TPSA) is 15.3 Å². The molecule has 2 nitrogen and oxygen atoms in total. The van der Waals surface area contributed by atoms with Crippen molar-refractivity contribution in [1.29, 1.82) is 0 Å². The molecule has 100 valence electrons. The molecule has 1 saturated carbocycles. The van der Waals surface area contributed by atoms with Crippen LogP contribution >= 0.6 is 0 Å². The predicted molar refractivity (Wildman–Crippen MR) is 74.2 cm³/mol. The molecule has 0 aromatic rings. The molecule has 1 aliphatic carbocycles. The summed E-state index contributed by atoms with van der Waals surface area (Å²) in [6.07, 6.45) is 6.99. The lowest BCUT2D eigenvalue weighted by Gasteiger charge is -2.40. The Hall–Kier alpha value is -0.0800. The van der Waals surface area contributed by atoms with Gasteiger partial charge in [-0.25, -0.2) is 0 Å². The molecule has 0 amide bonds. The van der Waals surface area contributed by atoms with E-state index in [4.69, 9.17) is 0 Å². The number of likely N-dealkylation sites (tertiary alicyclic amines) is 1. The molecule has 2 aliphatic rings. The molecule has 2 heteroatoms. The standard InChI is InChI=1S/C15H30N2/c1-4-17-10-8-14(9-11-17)16-15-12(2)6-5-7-13(15)3/h12-16H,4-11H2,1-3H3. The third kappa shape index (κ3) is 3.45. The van der Waals surface area contributed by atoms with Crippen molar-refractivity contribution in [2.24, 2.45) is 11.8 Å². The molecule has 2 rings (SSSR count). The highest BCUT2D eigenvalue weighted by Gasteiger charge is 2.30. The normalized spacial score (nSPS) is 37.2. The maximum absolute atomic E-state index is 3.98. The lowest BCUT2D eigenvalue weighted by atomic mass is 9.78. The minimum atomic E-state index is 0.780. The Morgan fingerprint density at radius 3 is 2.12 bits per heavy atom. The number of hydrogen-bond donors (Lipinski definition) is 1. The lowest BCUT2D eigenvalue weighted by molar-refractivity contribution is 0.150. The summed E-state index contributed by atoms with van der Waals surface area (Å²) in [5, 5.41) is 3.98. The first-order valence-corrected chi connectivity index (χ1v) is 7.69. The number of hydrogen-bond acceptors (Lipinski definition) is 2. The van der Waals surface area contributed by atoms with Gasteiger partial charge in [-0.3, -0.25) is 0 Å². The molecule has 0 radical (unpaired) electrons. The fourth-order valence-corrected chi connectivity index (χ4v) is 3.70. The Morgan fingerprint density at radius 2 is 1.59 bits per heavy atom. The Kier molecular flexibility index (Phi) is 4.87. The predicted octanol–water partition coefficient (Wildman–Crippen LogP) is 2.89. The first-order chi connectivity index (χ1) is 8.20. The number of piperidine rings is 1. The van der Waals surface area contributed by atoms with Crippen molar-refractivity contribution in [2.75, 3.05) is 19.6 Å². The number of rotatable bonds is 3. The maximum atomic E-state index is 3.98. The van der Waals surface area contributed by atoms with E-state index in [0.29, 0.717) is 0 Å². The van der Waals surface area contributed by atoms with Gasteiger partial charge in [-0.1, -0.05) is 27.2 Å². The summed E-state index contributed by atoms with van der Waals surface area (Å²) in [4.78, 5) is 2.58. The van der Waals surface area contributed by atoms with Crippen LogP contribution in [0.5, 0.6) is 0 Å². The van der Waals surface area contributed by atoms with Crippen molar-refractivity contribution in [2.45, 2.75) is 65.0 Å².